The topological polar surface area (TPSA) is 18.5 Å². The van der Waals surface area contributed by atoms with Crippen molar-refractivity contribution in [3.63, 3.8) is 0 Å². The van der Waals surface area contributed by atoms with Crippen molar-refractivity contribution in [1.29, 1.82) is 0 Å². The Bertz CT molecular complexity index is 767. The molecule has 0 aromatic heterocycles. The summed E-state index contributed by atoms with van der Waals surface area (Å²) < 4.78 is 0. The maximum Gasteiger partial charge on any atom is 0.169 e. The number of nitrogens with zero attached hydrogens (tertiary/aromatic N) is 2. The van der Waals surface area contributed by atoms with Crippen LogP contribution in [0.2, 0.25) is 0 Å². The second-order valence-electron chi connectivity index (χ2n) is 6.62. The van der Waals surface area contributed by atoms with E-state index in [-0.39, 0.29) is 5.66 Å². The van der Waals surface area contributed by atoms with Crippen LogP contribution in [-0.2, 0) is 5.66 Å². The summed E-state index contributed by atoms with van der Waals surface area (Å²) in [6, 6.07) is 17.5. The van der Waals surface area contributed by atoms with Crippen molar-refractivity contribution >= 4 is 11.4 Å². The summed E-state index contributed by atoms with van der Waals surface area (Å²) in [5.41, 5.74) is 4.82. The molecule has 24 heavy (non-hydrogen) atoms. The molecule has 0 amide bonds. The number of rotatable bonds is 2. The summed E-state index contributed by atoms with van der Waals surface area (Å²) in [4.78, 5) is 5.03. The number of benzene rings is 2. The third-order valence-corrected chi connectivity index (χ3v) is 5.35. The zero-order chi connectivity index (χ0) is 16.0. The summed E-state index contributed by atoms with van der Waals surface area (Å²) >= 11 is 0. The van der Waals surface area contributed by atoms with Crippen molar-refractivity contribution in [2.45, 2.75) is 18.5 Å². The smallest absolute Gasteiger partial charge is 0.169 e. The lowest BCUT2D eigenvalue weighted by atomic mass is 9.83. The van der Waals surface area contributed by atoms with Gasteiger partial charge in [-0.15, -0.1) is 0 Å². The molecule has 3 aliphatic heterocycles. The highest BCUT2D eigenvalue weighted by atomic mass is 15.4. The van der Waals surface area contributed by atoms with Gasteiger partial charge in [0.25, 0.3) is 0 Å². The van der Waals surface area contributed by atoms with Crippen LogP contribution in [0.25, 0.3) is 0 Å². The molecule has 0 fully saturated rings. The Balaban J connectivity index is 1.84. The lowest BCUT2D eigenvalue weighted by Gasteiger charge is -2.52. The first-order chi connectivity index (χ1) is 11.9. The molecule has 0 saturated heterocycles. The predicted octanol–water partition coefficient (Wildman–Crippen LogP) is 4.38. The van der Waals surface area contributed by atoms with E-state index in [9.17, 15) is 0 Å². The fourth-order valence-electron chi connectivity index (χ4n) is 4.39. The van der Waals surface area contributed by atoms with Crippen LogP contribution in [0.5, 0.6) is 0 Å². The number of hydrogen-bond acceptors (Lipinski definition) is 3. The van der Waals surface area contributed by atoms with Crippen molar-refractivity contribution in [2.24, 2.45) is 0 Å². The van der Waals surface area contributed by atoms with E-state index in [0.717, 1.165) is 25.9 Å². The number of fused-ring (bicyclic) bond motifs is 2. The van der Waals surface area contributed by atoms with Gasteiger partial charge >= 0.3 is 0 Å². The zero-order valence-corrected chi connectivity index (χ0v) is 13.7. The highest BCUT2D eigenvalue weighted by Crippen LogP contribution is 2.51. The fraction of sp³-hybridized carbons (Fsp3) is 0.238. The standard InChI is InChI=1S/C21H21N3/c1-3-11-19-17(9-1)21(23-13-5-6-14-23,24-15-7-8-16-24)18-10-2-4-12-20(18)22-19/h1-5,7,9-13,15,22H,6,8,14,16H2. The summed E-state index contributed by atoms with van der Waals surface area (Å²) in [6.45, 7) is 2.10. The summed E-state index contributed by atoms with van der Waals surface area (Å²) in [5, 5.41) is 3.64. The Morgan fingerprint density at radius 2 is 1.21 bits per heavy atom. The van der Waals surface area contributed by atoms with Gasteiger partial charge in [0.2, 0.25) is 0 Å². The first-order valence-electron chi connectivity index (χ1n) is 8.73. The van der Waals surface area contributed by atoms with Crippen molar-refractivity contribution < 1.29 is 0 Å². The lowest BCUT2D eigenvalue weighted by Crippen LogP contribution is -2.55. The molecule has 1 N–H and O–H groups in total. The van der Waals surface area contributed by atoms with Crippen molar-refractivity contribution in [2.75, 3.05) is 18.4 Å². The quantitative estimate of drug-likeness (QED) is 0.887. The molecule has 3 aliphatic rings. The Labute approximate surface area is 142 Å². The van der Waals surface area contributed by atoms with Crippen LogP contribution >= 0.6 is 0 Å². The van der Waals surface area contributed by atoms with E-state index < -0.39 is 0 Å². The third kappa shape index (κ3) is 1.72. The van der Waals surface area contributed by atoms with Crippen LogP contribution < -0.4 is 5.32 Å². The highest BCUT2D eigenvalue weighted by Gasteiger charge is 2.49. The van der Waals surface area contributed by atoms with E-state index in [1.807, 2.05) is 0 Å². The summed E-state index contributed by atoms with van der Waals surface area (Å²) in [6.07, 6.45) is 11.4. The van der Waals surface area contributed by atoms with E-state index in [1.54, 1.807) is 0 Å². The van der Waals surface area contributed by atoms with Crippen LogP contribution in [-0.4, -0.2) is 22.9 Å². The van der Waals surface area contributed by atoms with Gasteiger partial charge in [0.05, 0.1) is 0 Å². The summed E-state index contributed by atoms with van der Waals surface area (Å²) in [7, 11) is 0. The lowest BCUT2D eigenvalue weighted by molar-refractivity contribution is 0.0474. The second-order valence-corrected chi connectivity index (χ2v) is 6.62. The van der Waals surface area contributed by atoms with E-state index in [2.05, 4.69) is 88.2 Å². The molecule has 2 aromatic carbocycles. The molecule has 120 valence electrons. The van der Waals surface area contributed by atoms with Crippen molar-refractivity contribution in [1.82, 2.24) is 9.80 Å². The van der Waals surface area contributed by atoms with Gasteiger partial charge in [-0.05, 0) is 37.4 Å². The molecule has 3 heteroatoms. The number of anilines is 2. The van der Waals surface area contributed by atoms with Gasteiger partial charge in [-0.3, -0.25) is 0 Å². The van der Waals surface area contributed by atoms with E-state index in [4.69, 9.17) is 0 Å². The number of para-hydroxylation sites is 2. The largest absolute Gasteiger partial charge is 0.355 e. The molecule has 0 unspecified atom stereocenters. The minimum atomic E-state index is -0.265. The van der Waals surface area contributed by atoms with E-state index in [1.165, 1.54) is 22.5 Å². The molecule has 0 bridgehead atoms. The molecular weight excluding hydrogens is 294 g/mol. The fourth-order valence-corrected chi connectivity index (χ4v) is 4.39. The van der Waals surface area contributed by atoms with Gasteiger partial charge in [-0.2, -0.15) is 0 Å². The number of hydrogen-bond donors (Lipinski definition) is 1. The minimum Gasteiger partial charge on any atom is -0.355 e. The molecule has 0 spiro atoms. The average Bonchev–Trinajstić information content (AvgIpc) is 3.34. The Morgan fingerprint density at radius 1 is 0.708 bits per heavy atom. The molecule has 0 radical (unpaired) electrons. The zero-order valence-electron chi connectivity index (χ0n) is 13.7. The number of nitrogens with one attached hydrogen (secondary N) is 1. The molecular formula is C21H21N3. The Kier molecular flexibility index (Phi) is 2.96. The SMILES string of the molecule is C1=CN(C2(N3C=CCC3)c3ccccc3Nc3ccccc32)CC1. The molecule has 0 atom stereocenters. The van der Waals surface area contributed by atoms with Gasteiger partial charge in [0.15, 0.2) is 5.66 Å². The van der Waals surface area contributed by atoms with Crippen LogP contribution in [0.3, 0.4) is 0 Å². The molecule has 3 heterocycles. The van der Waals surface area contributed by atoms with Crippen molar-refractivity contribution in [3.05, 3.63) is 84.2 Å². The molecule has 3 nitrogen and oxygen atoms in total. The van der Waals surface area contributed by atoms with Gasteiger partial charge in [0, 0.05) is 35.6 Å². The second kappa shape index (κ2) is 5.17. The highest BCUT2D eigenvalue weighted by molar-refractivity contribution is 5.75. The normalized spacial score (nSPS) is 20.0. The molecule has 0 saturated carbocycles. The molecule has 2 aromatic rings. The minimum absolute atomic E-state index is 0.265. The van der Waals surface area contributed by atoms with E-state index in [0.29, 0.717) is 0 Å². The van der Waals surface area contributed by atoms with Gasteiger partial charge in [-0.25, -0.2) is 0 Å². The Morgan fingerprint density at radius 3 is 1.67 bits per heavy atom. The first-order valence-corrected chi connectivity index (χ1v) is 8.73. The van der Waals surface area contributed by atoms with Crippen molar-refractivity contribution in [3.8, 4) is 0 Å². The Hall–Kier alpha value is -2.68. The maximum absolute atomic E-state index is 3.64. The molecule has 5 rings (SSSR count). The van der Waals surface area contributed by atoms with Crippen LogP contribution in [0.4, 0.5) is 11.4 Å². The van der Waals surface area contributed by atoms with Crippen LogP contribution in [0.1, 0.15) is 24.0 Å². The van der Waals surface area contributed by atoms with E-state index >= 15 is 0 Å². The average molecular weight is 315 g/mol. The van der Waals surface area contributed by atoms with Gasteiger partial charge < -0.3 is 15.1 Å². The van der Waals surface area contributed by atoms with Crippen LogP contribution in [0, 0.1) is 0 Å². The monoisotopic (exact) mass is 315 g/mol. The first kappa shape index (κ1) is 13.7. The van der Waals surface area contributed by atoms with Crippen LogP contribution in [0.15, 0.2) is 73.1 Å². The van der Waals surface area contributed by atoms with Gasteiger partial charge in [0.1, 0.15) is 0 Å². The summed E-state index contributed by atoms with van der Waals surface area (Å²) in [5.74, 6) is 0. The molecule has 0 aliphatic carbocycles. The third-order valence-electron chi connectivity index (χ3n) is 5.35. The predicted molar refractivity (Wildman–Crippen MR) is 97.9 cm³/mol. The van der Waals surface area contributed by atoms with Gasteiger partial charge in [-0.1, -0.05) is 48.6 Å². The maximum atomic E-state index is 3.64.